The molecular formula is C20H38NaO6P. The van der Waals surface area contributed by atoms with Gasteiger partial charge in [0.1, 0.15) is 5.92 Å². The summed E-state index contributed by atoms with van der Waals surface area (Å²) >= 11 is 0. The van der Waals surface area contributed by atoms with Gasteiger partial charge in [-0.15, -0.1) is 0 Å². The molecule has 3 unspecified atom stereocenters. The van der Waals surface area contributed by atoms with E-state index in [1.807, 2.05) is 0 Å². The number of rotatable bonds is 18. The van der Waals surface area contributed by atoms with Gasteiger partial charge in [0, 0.05) is 6.42 Å². The van der Waals surface area contributed by atoms with E-state index in [0.717, 1.165) is 64.2 Å². The van der Waals surface area contributed by atoms with Gasteiger partial charge in [-0.2, -0.15) is 0 Å². The monoisotopic (exact) mass is 428 g/mol. The Hall–Kier alpha value is 0. The van der Waals surface area contributed by atoms with Crippen molar-refractivity contribution in [3.63, 3.8) is 0 Å². The van der Waals surface area contributed by atoms with Gasteiger partial charge in [0.2, 0.25) is 0 Å². The van der Waals surface area contributed by atoms with Crippen LogP contribution < -0.4 is 34.5 Å². The SMILES string of the molecule is CCCCCCCCC(C(=O)O)C(CCCCCCCC)(C(=O)O)[P+](=O)[O-].[H-].[Na+]. The molecule has 0 aliphatic carbocycles. The molecule has 0 aromatic heterocycles. The second kappa shape index (κ2) is 17.8. The zero-order valence-corrected chi connectivity index (χ0v) is 20.8. The summed E-state index contributed by atoms with van der Waals surface area (Å²) in [6.45, 7) is 4.20. The van der Waals surface area contributed by atoms with Crippen LogP contribution in [0.15, 0.2) is 0 Å². The summed E-state index contributed by atoms with van der Waals surface area (Å²) in [5.74, 6) is -4.24. The average molecular weight is 428 g/mol. The van der Waals surface area contributed by atoms with Gasteiger partial charge in [-0.05, 0) is 12.8 Å². The van der Waals surface area contributed by atoms with Crippen LogP contribution in [-0.4, -0.2) is 27.3 Å². The molecule has 3 atom stereocenters. The number of hydrogen-bond donors (Lipinski definition) is 2. The van der Waals surface area contributed by atoms with E-state index in [9.17, 15) is 29.3 Å². The van der Waals surface area contributed by atoms with Crippen molar-refractivity contribution in [2.75, 3.05) is 0 Å². The van der Waals surface area contributed by atoms with E-state index in [1.165, 1.54) is 0 Å². The van der Waals surface area contributed by atoms with Gasteiger partial charge in [-0.1, -0.05) is 89.0 Å². The molecule has 6 nitrogen and oxygen atoms in total. The predicted octanol–water partition coefficient (Wildman–Crippen LogP) is 2.23. The third-order valence-electron chi connectivity index (χ3n) is 5.33. The maximum atomic E-state index is 11.9. The van der Waals surface area contributed by atoms with Gasteiger partial charge in [-0.25, -0.2) is 4.79 Å². The van der Waals surface area contributed by atoms with Gasteiger partial charge in [0.25, 0.3) is 5.16 Å². The maximum absolute atomic E-state index is 11.9. The summed E-state index contributed by atoms with van der Waals surface area (Å²) in [4.78, 5) is 35.6. The smallest absolute Gasteiger partial charge is 1.00 e. The van der Waals surface area contributed by atoms with Crippen LogP contribution in [0.4, 0.5) is 0 Å². The Morgan fingerprint density at radius 2 is 1.32 bits per heavy atom. The summed E-state index contributed by atoms with van der Waals surface area (Å²) < 4.78 is 11.9. The first-order chi connectivity index (χ1) is 12.8. The van der Waals surface area contributed by atoms with E-state index in [1.54, 1.807) is 0 Å². The molecule has 0 heterocycles. The summed E-state index contributed by atoms with van der Waals surface area (Å²) in [6, 6.07) is 0. The van der Waals surface area contributed by atoms with Crippen LogP contribution in [0.25, 0.3) is 0 Å². The van der Waals surface area contributed by atoms with Crippen molar-refractivity contribution in [1.29, 1.82) is 0 Å². The van der Waals surface area contributed by atoms with E-state index in [0.29, 0.717) is 12.8 Å². The Balaban J connectivity index is -0.00000338. The Morgan fingerprint density at radius 1 is 0.893 bits per heavy atom. The zero-order chi connectivity index (χ0) is 20.7. The molecule has 0 aliphatic rings. The summed E-state index contributed by atoms with van der Waals surface area (Å²) in [6.07, 6.45) is 10.8. The Labute approximate surface area is 194 Å². The third-order valence-corrected chi connectivity index (χ3v) is 6.71. The molecule has 0 rings (SSSR count). The van der Waals surface area contributed by atoms with Crippen molar-refractivity contribution in [2.24, 2.45) is 5.92 Å². The van der Waals surface area contributed by atoms with Crippen LogP contribution in [0.2, 0.25) is 0 Å². The molecule has 0 saturated heterocycles. The topological polar surface area (TPSA) is 115 Å². The largest absolute Gasteiger partial charge is 1.00 e. The molecule has 0 spiro atoms. The van der Waals surface area contributed by atoms with E-state index in [-0.39, 0.29) is 43.8 Å². The fourth-order valence-corrected chi connectivity index (χ4v) is 4.59. The minimum atomic E-state index is -3.40. The Morgan fingerprint density at radius 3 is 1.71 bits per heavy atom. The van der Waals surface area contributed by atoms with Gasteiger partial charge in [0.05, 0.1) is 0 Å². The van der Waals surface area contributed by atoms with Gasteiger partial charge in [-0.3, -0.25) is 4.79 Å². The summed E-state index contributed by atoms with van der Waals surface area (Å²) in [7, 11) is -3.40. The predicted molar refractivity (Wildman–Crippen MR) is 106 cm³/mol. The number of carbonyl (C=O) groups is 2. The van der Waals surface area contributed by atoms with Gasteiger partial charge in [0.15, 0.2) is 0 Å². The van der Waals surface area contributed by atoms with Crippen molar-refractivity contribution in [2.45, 2.75) is 109 Å². The van der Waals surface area contributed by atoms with Crippen molar-refractivity contribution in [1.82, 2.24) is 0 Å². The van der Waals surface area contributed by atoms with E-state index in [2.05, 4.69) is 13.8 Å². The Bertz CT molecular complexity index is 450. The number of unbranched alkanes of at least 4 members (excludes halogenated alkanes) is 10. The molecule has 0 aromatic rings. The zero-order valence-electron chi connectivity index (χ0n) is 19.0. The van der Waals surface area contributed by atoms with Crippen LogP contribution in [-0.2, 0) is 14.2 Å². The molecule has 0 aromatic carbocycles. The molecule has 28 heavy (non-hydrogen) atoms. The molecule has 0 saturated carbocycles. The number of hydrogen-bond acceptors (Lipinski definition) is 4. The molecule has 2 N–H and O–H groups in total. The van der Waals surface area contributed by atoms with Crippen molar-refractivity contribution >= 4 is 20.0 Å². The van der Waals surface area contributed by atoms with Crippen molar-refractivity contribution in [3.8, 4) is 0 Å². The summed E-state index contributed by atoms with van der Waals surface area (Å²) in [5, 5.41) is 17.1. The molecule has 0 amide bonds. The van der Waals surface area contributed by atoms with E-state index in [4.69, 9.17) is 0 Å². The normalized spacial score (nSPS) is 14.6. The van der Waals surface area contributed by atoms with Crippen LogP contribution in [0, 0.1) is 5.92 Å². The van der Waals surface area contributed by atoms with Gasteiger partial charge < -0.3 is 16.5 Å². The molecule has 0 aliphatic heterocycles. The maximum Gasteiger partial charge on any atom is 1.00 e. The van der Waals surface area contributed by atoms with Crippen LogP contribution >= 0.6 is 8.03 Å². The first kappa shape index (κ1) is 30.2. The van der Waals surface area contributed by atoms with Crippen LogP contribution in [0.1, 0.15) is 105 Å². The van der Waals surface area contributed by atoms with Crippen LogP contribution in [0.3, 0.4) is 0 Å². The molecule has 0 bridgehead atoms. The van der Waals surface area contributed by atoms with Gasteiger partial charge >= 0.3 is 49.5 Å². The number of carboxylic acid groups (broad SMARTS) is 2. The second-order valence-corrected chi connectivity index (χ2v) is 8.76. The molecule has 8 heteroatoms. The second-order valence-electron chi connectivity index (χ2n) is 7.45. The van der Waals surface area contributed by atoms with E-state index >= 15 is 0 Å². The molecule has 160 valence electrons. The van der Waals surface area contributed by atoms with E-state index < -0.39 is 31.0 Å². The fraction of sp³-hybridized carbons (Fsp3) is 0.900. The first-order valence-corrected chi connectivity index (χ1v) is 11.6. The number of aliphatic carboxylic acids is 2. The Kier molecular flexibility index (Phi) is 19.2. The van der Waals surface area contributed by atoms with Crippen molar-refractivity contribution in [3.05, 3.63) is 0 Å². The van der Waals surface area contributed by atoms with Crippen LogP contribution in [0.5, 0.6) is 0 Å². The minimum absolute atomic E-state index is 0. The first-order valence-electron chi connectivity index (χ1n) is 10.4. The summed E-state index contributed by atoms with van der Waals surface area (Å²) in [5.41, 5.74) is 0. The average Bonchev–Trinajstić information content (AvgIpc) is 2.60. The standard InChI is InChI=1S/C20H37O6P.Na.H/c1-3-5-7-9-11-13-15-17(18(21)22)20(19(23)24,27(25)26)16-14-12-10-8-6-4-2;;/h17H,3-16H2,1-2H3,(H,21,22)(H,23,24);;/q;+1;-1. The van der Waals surface area contributed by atoms with Crippen molar-refractivity contribution < 1.29 is 60.2 Å². The number of carboxylic acids is 2. The molecule has 0 radical (unpaired) electrons. The fourth-order valence-electron chi connectivity index (χ4n) is 3.60. The molecular weight excluding hydrogens is 390 g/mol. The third kappa shape index (κ3) is 10.7. The minimum Gasteiger partial charge on any atom is -1.00 e. The quantitative estimate of drug-likeness (QED) is 0.197. The molecule has 0 fully saturated rings.